The molecular formula is C18H16N2O5S2. The van der Waals surface area contributed by atoms with Gasteiger partial charge < -0.3 is 9.30 Å². The van der Waals surface area contributed by atoms with E-state index in [9.17, 15) is 18.0 Å². The van der Waals surface area contributed by atoms with E-state index in [-0.39, 0.29) is 10.5 Å². The molecule has 0 spiro atoms. The van der Waals surface area contributed by atoms with Crippen molar-refractivity contribution in [3.05, 3.63) is 58.4 Å². The average molecular weight is 404 g/mol. The first-order valence-electron chi connectivity index (χ1n) is 7.78. The van der Waals surface area contributed by atoms with Crippen LogP contribution < -0.4 is 4.80 Å². The molecule has 0 N–H and O–H groups in total. The van der Waals surface area contributed by atoms with Crippen molar-refractivity contribution in [1.29, 1.82) is 0 Å². The largest absolute Gasteiger partial charge is 0.465 e. The number of thiazole rings is 1. The summed E-state index contributed by atoms with van der Waals surface area (Å²) in [7, 11) is -0.346. The zero-order valence-electron chi connectivity index (χ0n) is 14.8. The minimum Gasteiger partial charge on any atom is -0.465 e. The normalized spacial score (nSPS) is 12.3. The van der Waals surface area contributed by atoms with E-state index in [1.54, 1.807) is 29.8 Å². The molecule has 3 rings (SSSR count). The van der Waals surface area contributed by atoms with Gasteiger partial charge in [0.15, 0.2) is 14.6 Å². The van der Waals surface area contributed by atoms with Crippen LogP contribution in [0.25, 0.3) is 10.2 Å². The van der Waals surface area contributed by atoms with E-state index < -0.39 is 21.7 Å². The van der Waals surface area contributed by atoms with E-state index in [0.29, 0.717) is 10.4 Å². The Morgan fingerprint density at radius 1 is 1.11 bits per heavy atom. The summed E-state index contributed by atoms with van der Waals surface area (Å²) in [6.45, 7) is 0. The van der Waals surface area contributed by atoms with Crippen LogP contribution in [-0.2, 0) is 21.6 Å². The van der Waals surface area contributed by atoms with Gasteiger partial charge in [0, 0.05) is 18.9 Å². The van der Waals surface area contributed by atoms with Crippen LogP contribution in [0, 0.1) is 0 Å². The van der Waals surface area contributed by atoms with Gasteiger partial charge in [0.1, 0.15) is 0 Å². The molecule has 0 bridgehead atoms. The van der Waals surface area contributed by atoms with Crippen LogP contribution in [0.3, 0.4) is 0 Å². The van der Waals surface area contributed by atoms with Crippen LogP contribution in [0.5, 0.6) is 0 Å². The van der Waals surface area contributed by atoms with Gasteiger partial charge in [-0.25, -0.2) is 13.2 Å². The van der Waals surface area contributed by atoms with E-state index >= 15 is 0 Å². The highest BCUT2D eigenvalue weighted by atomic mass is 32.2. The van der Waals surface area contributed by atoms with Gasteiger partial charge in [-0.3, -0.25) is 4.79 Å². The second-order valence-corrected chi connectivity index (χ2v) is 8.86. The Morgan fingerprint density at radius 2 is 1.85 bits per heavy atom. The molecule has 0 saturated carbocycles. The van der Waals surface area contributed by atoms with E-state index in [4.69, 9.17) is 4.74 Å². The molecule has 0 radical (unpaired) electrons. The molecule has 140 valence electrons. The monoisotopic (exact) mass is 404 g/mol. The maximum Gasteiger partial charge on any atom is 0.337 e. The number of hydrogen-bond donors (Lipinski definition) is 0. The number of aromatic nitrogens is 1. The second-order valence-electron chi connectivity index (χ2n) is 5.83. The molecule has 0 aliphatic rings. The molecule has 2 aromatic carbocycles. The predicted molar refractivity (Wildman–Crippen MR) is 102 cm³/mol. The molecule has 1 amide bonds. The summed E-state index contributed by atoms with van der Waals surface area (Å²) in [4.78, 5) is 28.8. The molecule has 9 heteroatoms. The van der Waals surface area contributed by atoms with Crippen molar-refractivity contribution in [1.82, 2.24) is 4.57 Å². The first-order chi connectivity index (χ1) is 12.7. The van der Waals surface area contributed by atoms with Crippen LogP contribution >= 0.6 is 11.3 Å². The predicted octanol–water partition coefficient (Wildman–Crippen LogP) is 2.17. The number of fused-ring (bicyclic) bond motifs is 1. The minimum absolute atomic E-state index is 0.0620. The Morgan fingerprint density at radius 3 is 2.52 bits per heavy atom. The highest BCUT2D eigenvalue weighted by Gasteiger charge is 2.13. The lowest BCUT2D eigenvalue weighted by Crippen LogP contribution is -2.13. The number of rotatable bonds is 3. The molecule has 0 saturated heterocycles. The maximum absolute atomic E-state index is 12.5. The third-order valence-corrected chi connectivity index (χ3v) is 6.14. The van der Waals surface area contributed by atoms with Gasteiger partial charge in [0.05, 0.1) is 27.8 Å². The van der Waals surface area contributed by atoms with E-state index in [2.05, 4.69) is 4.99 Å². The zero-order valence-corrected chi connectivity index (χ0v) is 16.4. The number of sulfone groups is 1. The Kier molecular flexibility index (Phi) is 4.99. The van der Waals surface area contributed by atoms with Crippen molar-refractivity contribution in [3.63, 3.8) is 0 Å². The zero-order chi connectivity index (χ0) is 19.8. The number of hydrogen-bond acceptors (Lipinski definition) is 6. The fourth-order valence-corrected chi connectivity index (χ4v) is 4.22. The fourth-order valence-electron chi connectivity index (χ4n) is 2.50. The number of esters is 1. The van der Waals surface area contributed by atoms with Gasteiger partial charge in [-0.05, 0) is 36.4 Å². The summed E-state index contributed by atoms with van der Waals surface area (Å²) in [5.74, 6) is -0.990. The minimum atomic E-state index is -3.42. The number of carbonyl (C=O) groups excluding carboxylic acids is 2. The number of amides is 1. The first kappa shape index (κ1) is 19.0. The standard InChI is InChI=1S/C18H16N2O5S2/c1-20-14-8-7-12(17(22)25-2)10-15(14)26-18(20)19-16(21)11-5-4-6-13(9-11)27(3,23)24/h4-10H,1-3H3. The first-order valence-corrected chi connectivity index (χ1v) is 10.5. The third-order valence-electron chi connectivity index (χ3n) is 3.94. The summed E-state index contributed by atoms with van der Waals surface area (Å²) in [5.41, 5.74) is 1.40. The molecule has 0 unspecified atom stereocenters. The SMILES string of the molecule is COC(=O)c1ccc2c(c1)sc(=NC(=O)c1cccc(S(C)(=O)=O)c1)n2C. The topological polar surface area (TPSA) is 94.8 Å². The van der Waals surface area contributed by atoms with Crippen LogP contribution in [-0.4, -0.2) is 38.2 Å². The molecule has 0 aliphatic carbocycles. The average Bonchev–Trinajstić information content (AvgIpc) is 2.95. The quantitative estimate of drug-likeness (QED) is 0.624. The van der Waals surface area contributed by atoms with E-state index in [1.807, 2.05) is 0 Å². The lowest BCUT2D eigenvalue weighted by Gasteiger charge is -2.00. The van der Waals surface area contributed by atoms with Crippen molar-refractivity contribution < 1.29 is 22.7 Å². The maximum atomic E-state index is 12.5. The molecule has 27 heavy (non-hydrogen) atoms. The highest BCUT2D eigenvalue weighted by molar-refractivity contribution is 7.90. The van der Waals surface area contributed by atoms with Crippen LogP contribution in [0.2, 0.25) is 0 Å². The molecule has 1 aromatic heterocycles. The van der Waals surface area contributed by atoms with Gasteiger partial charge in [0.2, 0.25) is 0 Å². The Hall–Kier alpha value is -2.78. The van der Waals surface area contributed by atoms with Gasteiger partial charge in [0.25, 0.3) is 5.91 Å². The van der Waals surface area contributed by atoms with Gasteiger partial charge in [-0.2, -0.15) is 4.99 Å². The van der Waals surface area contributed by atoms with Crippen molar-refractivity contribution in [2.24, 2.45) is 12.0 Å². The smallest absolute Gasteiger partial charge is 0.337 e. The number of aryl methyl sites for hydroxylation is 1. The molecule has 0 fully saturated rings. The van der Waals surface area contributed by atoms with Gasteiger partial charge in [-0.15, -0.1) is 0 Å². The van der Waals surface area contributed by atoms with Gasteiger partial charge >= 0.3 is 5.97 Å². The molecular weight excluding hydrogens is 388 g/mol. The van der Waals surface area contributed by atoms with Crippen molar-refractivity contribution >= 4 is 43.3 Å². The van der Waals surface area contributed by atoms with Crippen LogP contribution in [0.1, 0.15) is 20.7 Å². The Balaban J connectivity index is 2.06. The van der Waals surface area contributed by atoms with E-state index in [0.717, 1.165) is 16.5 Å². The second kappa shape index (κ2) is 7.09. The van der Waals surface area contributed by atoms with Crippen molar-refractivity contribution in [2.75, 3.05) is 13.4 Å². The summed E-state index contributed by atoms with van der Waals surface area (Å²) < 4.78 is 30.6. The lowest BCUT2D eigenvalue weighted by molar-refractivity contribution is 0.0600. The van der Waals surface area contributed by atoms with Gasteiger partial charge in [-0.1, -0.05) is 17.4 Å². The summed E-state index contributed by atoms with van der Waals surface area (Å²) in [6, 6.07) is 10.8. The Bertz CT molecular complexity index is 1240. The number of nitrogens with zero attached hydrogens (tertiary/aromatic N) is 2. The van der Waals surface area contributed by atoms with Crippen molar-refractivity contribution in [3.8, 4) is 0 Å². The van der Waals surface area contributed by atoms with E-state index in [1.165, 1.54) is 42.7 Å². The molecule has 1 heterocycles. The molecule has 7 nitrogen and oxygen atoms in total. The number of carbonyl (C=O) groups is 2. The Labute approximate surface area is 159 Å². The van der Waals surface area contributed by atoms with Crippen LogP contribution in [0.15, 0.2) is 52.4 Å². The molecule has 3 aromatic rings. The highest BCUT2D eigenvalue weighted by Crippen LogP contribution is 2.19. The summed E-state index contributed by atoms with van der Waals surface area (Å²) in [6.07, 6.45) is 1.08. The molecule has 0 aliphatic heterocycles. The number of methoxy groups -OCH3 is 1. The number of ether oxygens (including phenoxy) is 1. The fraction of sp³-hybridized carbons (Fsp3) is 0.167. The summed E-state index contributed by atoms with van der Waals surface area (Å²) >= 11 is 1.25. The third kappa shape index (κ3) is 3.83. The lowest BCUT2D eigenvalue weighted by atomic mass is 10.2. The van der Waals surface area contributed by atoms with Crippen molar-refractivity contribution in [2.45, 2.75) is 4.90 Å². The number of benzene rings is 2. The molecule has 0 atom stereocenters. The van der Waals surface area contributed by atoms with Crippen LogP contribution in [0.4, 0.5) is 0 Å². The summed E-state index contributed by atoms with van der Waals surface area (Å²) in [5, 5.41) is 0.